The summed E-state index contributed by atoms with van der Waals surface area (Å²) in [5, 5.41) is 13.9. The number of nitrogens with zero attached hydrogens (tertiary/aromatic N) is 4. The molecule has 5 nitrogen and oxygen atoms in total. The first-order valence-electron chi connectivity index (χ1n) is 5.33. The van der Waals surface area contributed by atoms with E-state index in [1.807, 2.05) is 24.4 Å². The van der Waals surface area contributed by atoms with Gasteiger partial charge in [-0.2, -0.15) is 9.61 Å². The molecule has 1 aliphatic heterocycles. The van der Waals surface area contributed by atoms with Crippen LogP contribution < -0.4 is 4.90 Å². The van der Waals surface area contributed by atoms with Gasteiger partial charge in [0.2, 0.25) is 0 Å². The largest absolute Gasteiger partial charge is 0.386 e. The zero-order valence-electron chi connectivity index (χ0n) is 9.38. The van der Waals surface area contributed by atoms with Crippen LogP contribution in [0.2, 0.25) is 0 Å². The summed E-state index contributed by atoms with van der Waals surface area (Å²) >= 11 is 0. The molecule has 0 bridgehead atoms. The Kier molecular flexibility index (Phi) is 1.77. The second kappa shape index (κ2) is 2.95. The van der Waals surface area contributed by atoms with Crippen molar-refractivity contribution in [2.24, 2.45) is 0 Å². The zero-order chi connectivity index (χ0) is 11.3. The maximum Gasteiger partial charge on any atom is 0.157 e. The van der Waals surface area contributed by atoms with Crippen LogP contribution in [0.25, 0.3) is 5.65 Å². The lowest BCUT2D eigenvalue weighted by Gasteiger charge is -2.45. The summed E-state index contributed by atoms with van der Waals surface area (Å²) in [7, 11) is 0. The molecule has 84 valence electrons. The maximum absolute atomic E-state index is 9.75. The van der Waals surface area contributed by atoms with E-state index in [9.17, 15) is 5.11 Å². The lowest BCUT2D eigenvalue weighted by atomic mass is 9.97. The topological polar surface area (TPSA) is 53.7 Å². The van der Waals surface area contributed by atoms with E-state index >= 15 is 0 Å². The van der Waals surface area contributed by atoms with E-state index in [4.69, 9.17) is 0 Å². The predicted molar refractivity (Wildman–Crippen MR) is 60.6 cm³/mol. The average Bonchev–Trinajstić information content (AvgIpc) is 2.60. The lowest BCUT2D eigenvalue weighted by molar-refractivity contribution is 0.0303. The molecule has 2 aromatic rings. The summed E-state index contributed by atoms with van der Waals surface area (Å²) in [6, 6.07) is 4.06. The maximum atomic E-state index is 9.75. The molecule has 3 rings (SSSR count). The van der Waals surface area contributed by atoms with E-state index in [1.165, 1.54) is 0 Å². The molecule has 1 fully saturated rings. The minimum absolute atomic E-state index is 0.573. The molecule has 2 aromatic heterocycles. The van der Waals surface area contributed by atoms with E-state index in [1.54, 1.807) is 6.33 Å². The van der Waals surface area contributed by atoms with Crippen molar-refractivity contribution in [3.05, 3.63) is 24.0 Å². The fraction of sp³-hybridized carbons (Fsp3) is 0.455. The molecular formula is C11H14N4O. The van der Waals surface area contributed by atoms with Crippen LogP contribution in [0.15, 0.2) is 18.5 Å². The molecule has 0 aromatic carbocycles. The summed E-state index contributed by atoms with van der Waals surface area (Å²) in [4.78, 5) is 6.29. The van der Waals surface area contributed by atoms with Crippen molar-refractivity contribution in [3.63, 3.8) is 0 Å². The Morgan fingerprint density at radius 2 is 2.12 bits per heavy atom. The third-order valence-corrected chi connectivity index (χ3v) is 2.89. The summed E-state index contributed by atoms with van der Waals surface area (Å²) in [6.07, 6.45) is 1.55. The number of pyridine rings is 1. The van der Waals surface area contributed by atoms with Gasteiger partial charge in [0.05, 0.1) is 5.60 Å². The van der Waals surface area contributed by atoms with Gasteiger partial charge in [0, 0.05) is 13.1 Å². The predicted octanol–water partition coefficient (Wildman–Crippen LogP) is 0.609. The Hall–Kier alpha value is -1.62. The summed E-state index contributed by atoms with van der Waals surface area (Å²) < 4.78 is 1.81. The van der Waals surface area contributed by atoms with Crippen molar-refractivity contribution in [3.8, 4) is 0 Å². The number of anilines is 1. The molecule has 0 unspecified atom stereocenters. The standard InChI is InChI=1S/C11H14N4O/c1-8-3-9-12-7-13-15(9)10(4-8)14-5-11(2,16)6-14/h3-4,7,16H,5-6H2,1-2H3. The molecule has 0 aliphatic carbocycles. The van der Waals surface area contributed by atoms with E-state index in [-0.39, 0.29) is 0 Å². The Bertz CT molecular complexity index is 538. The SMILES string of the molecule is Cc1cc(N2CC(C)(O)C2)n2ncnc2c1. The Labute approximate surface area is 93.3 Å². The number of hydrogen-bond acceptors (Lipinski definition) is 4. The van der Waals surface area contributed by atoms with E-state index in [0.717, 1.165) is 17.0 Å². The monoisotopic (exact) mass is 218 g/mol. The van der Waals surface area contributed by atoms with Gasteiger partial charge in [0.25, 0.3) is 0 Å². The van der Waals surface area contributed by atoms with Crippen LogP contribution in [0.5, 0.6) is 0 Å². The zero-order valence-corrected chi connectivity index (χ0v) is 9.38. The Morgan fingerprint density at radius 3 is 2.81 bits per heavy atom. The number of rotatable bonds is 1. The molecule has 1 N–H and O–H groups in total. The van der Waals surface area contributed by atoms with Gasteiger partial charge >= 0.3 is 0 Å². The highest BCUT2D eigenvalue weighted by molar-refractivity contribution is 5.54. The van der Waals surface area contributed by atoms with Crippen LogP contribution in [0.3, 0.4) is 0 Å². The normalized spacial score (nSPS) is 18.8. The first kappa shape index (κ1) is 9.59. The first-order valence-corrected chi connectivity index (χ1v) is 5.33. The van der Waals surface area contributed by atoms with Gasteiger partial charge in [-0.05, 0) is 31.5 Å². The highest BCUT2D eigenvalue weighted by Crippen LogP contribution is 2.27. The smallest absolute Gasteiger partial charge is 0.157 e. The second-order valence-corrected chi connectivity index (χ2v) is 4.77. The Balaban J connectivity index is 2.06. The van der Waals surface area contributed by atoms with E-state index < -0.39 is 5.60 Å². The van der Waals surface area contributed by atoms with Gasteiger partial charge in [-0.15, -0.1) is 0 Å². The van der Waals surface area contributed by atoms with Crippen molar-refractivity contribution >= 4 is 11.5 Å². The summed E-state index contributed by atoms with van der Waals surface area (Å²) in [5.74, 6) is 0.999. The number of aryl methyl sites for hydroxylation is 1. The van der Waals surface area contributed by atoms with Crippen LogP contribution in [0, 0.1) is 6.92 Å². The van der Waals surface area contributed by atoms with Crippen LogP contribution in [-0.4, -0.2) is 38.4 Å². The first-order chi connectivity index (χ1) is 7.55. The molecule has 0 saturated carbocycles. The van der Waals surface area contributed by atoms with Crippen LogP contribution in [-0.2, 0) is 0 Å². The quantitative estimate of drug-likeness (QED) is 0.762. The van der Waals surface area contributed by atoms with Gasteiger partial charge in [-0.1, -0.05) is 0 Å². The van der Waals surface area contributed by atoms with Crippen molar-refractivity contribution in [1.82, 2.24) is 14.6 Å². The molecule has 0 atom stereocenters. The number of aromatic nitrogens is 3. The van der Waals surface area contributed by atoms with Crippen molar-refractivity contribution in [2.75, 3.05) is 18.0 Å². The second-order valence-electron chi connectivity index (χ2n) is 4.77. The Morgan fingerprint density at radius 1 is 1.38 bits per heavy atom. The third kappa shape index (κ3) is 1.36. The number of β-amino-alcohol motifs (C(OH)–C–C–N with tert-alkyl or cyclic N) is 1. The molecule has 3 heterocycles. The highest BCUT2D eigenvalue weighted by Gasteiger charge is 2.37. The fourth-order valence-electron chi connectivity index (χ4n) is 2.20. The van der Waals surface area contributed by atoms with Crippen LogP contribution >= 0.6 is 0 Å². The summed E-state index contributed by atoms with van der Waals surface area (Å²) in [5.41, 5.74) is 1.43. The molecule has 1 aliphatic rings. The van der Waals surface area contributed by atoms with Gasteiger partial charge in [-0.25, -0.2) is 4.98 Å². The molecule has 16 heavy (non-hydrogen) atoms. The molecule has 0 radical (unpaired) electrons. The molecule has 0 amide bonds. The summed E-state index contributed by atoms with van der Waals surface area (Å²) in [6.45, 7) is 5.17. The van der Waals surface area contributed by atoms with Gasteiger partial charge in [-0.3, -0.25) is 0 Å². The van der Waals surface area contributed by atoms with Crippen LogP contribution in [0.1, 0.15) is 12.5 Å². The van der Waals surface area contributed by atoms with Crippen molar-refractivity contribution in [2.45, 2.75) is 19.4 Å². The molecule has 0 spiro atoms. The van der Waals surface area contributed by atoms with Gasteiger partial charge in [0.15, 0.2) is 5.65 Å². The molecule has 1 saturated heterocycles. The van der Waals surface area contributed by atoms with Gasteiger partial charge in [0.1, 0.15) is 12.1 Å². The van der Waals surface area contributed by atoms with E-state index in [2.05, 4.69) is 21.0 Å². The van der Waals surface area contributed by atoms with E-state index in [0.29, 0.717) is 13.1 Å². The fourth-order valence-corrected chi connectivity index (χ4v) is 2.20. The lowest BCUT2D eigenvalue weighted by Crippen LogP contribution is -2.60. The third-order valence-electron chi connectivity index (χ3n) is 2.89. The van der Waals surface area contributed by atoms with Crippen molar-refractivity contribution < 1.29 is 5.11 Å². The van der Waals surface area contributed by atoms with Crippen molar-refractivity contribution in [1.29, 1.82) is 0 Å². The van der Waals surface area contributed by atoms with Crippen LogP contribution in [0.4, 0.5) is 5.82 Å². The number of aliphatic hydroxyl groups is 1. The average molecular weight is 218 g/mol. The number of hydrogen-bond donors (Lipinski definition) is 1. The minimum Gasteiger partial charge on any atom is -0.386 e. The minimum atomic E-state index is -0.573. The highest BCUT2D eigenvalue weighted by atomic mass is 16.3. The molecule has 5 heteroatoms. The molecular weight excluding hydrogens is 204 g/mol. The number of fused-ring (bicyclic) bond motifs is 1. The van der Waals surface area contributed by atoms with Gasteiger partial charge < -0.3 is 10.0 Å².